The van der Waals surface area contributed by atoms with Crippen molar-refractivity contribution in [1.82, 2.24) is 9.55 Å². The molecule has 0 spiro atoms. The smallest absolute Gasteiger partial charge is 0.178 e. The van der Waals surface area contributed by atoms with Gasteiger partial charge in [0.25, 0.3) is 0 Å². The molecule has 0 unspecified atom stereocenters. The maximum atomic E-state index is 13.6. The van der Waals surface area contributed by atoms with E-state index in [1.54, 1.807) is 6.07 Å². The van der Waals surface area contributed by atoms with Crippen LogP contribution in [0.15, 0.2) is 12.1 Å². The summed E-state index contributed by atoms with van der Waals surface area (Å²) in [5, 5.41) is 0. The number of ether oxygens (including phenoxy) is 2. The number of aromatic amines is 1. The molecule has 1 aromatic carbocycles. The molecule has 0 radical (unpaired) electrons. The molecule has 2 rings (SSSR count). The number of hydrogen-bond donors (Lipinski definition) is 1. The van der Waals surface area contributed by atoms with Crippen molar-refractivity contribution in [3.8, 4) is 5.75 Å². The zero-order valence-electron chi connectivity index (χ0n) is 11.9. The van der Waals surface area contributed by atoms with Gasteiger partial charge >= 0.3 is 0 Å². The highest BCUT2D eigenvalue weighted by molar-refractivity contribution is 7.71. The quantitative estimate of drug-likeness (QED) is 0.655. The van der Waals surface area contributed by atoms with Crippen molar-refractivity contribution in [3.05, 3.63) is 22.7 Å². The number of hydrogen-bond acceptors (Lipinski definition) is 3. The Balaban J connectivity index is 2.24. The number of benzene rings is 1. The van der Waals surface area contributed by atoms with Gasteiger partial charge < -0.3 is 19.0 Å². The monoisotopic (exact) mass is 298 g/mol. The lowest BCUT2D eigenvalue weighted by molar-refractivity contribution is 0.103. The molecule has 2 aromatic rings. The van der Waals surface area contributed by atoms with E-state index in [2.05, 4.69) is 18.8 Å². The van der Waals surface area contributed by atoms with Gasteiger partial charge in [-0.05, 0) is 18.1 Å². The van der Waals surface area contributed by atoms with E-state index in [1.165, 1.54) is 13.2 Å². The molecular formula is C14H19FN2O2S. The van der Waals surface area contributed by atoms with Crippen LogP contribution in [0.5, 0.6) is 5.75 Å². The zero-order valence-corrected chi connectivity index (χ0v) is 12.7. The van der Waals surface area contributed by atoms with Crippen molar-refractivity contribution in [2.75, 3.05) is 20.3 Å². The highest BCUT2D eigenvalue weighted by atomic mass is 32.1. The molecule has 110 valence electrons. The maximum Gasteiger partial charge on any atom is 0.178 e. The van der Waals surface area contributed by atoms with Crippen molar-refractivity contribution >= 4 is 23.3 Å². The Hall–Kier alpha value is -1.40. The van der Waals surface area contributed by atoms with Crippen molar-refractivity contribution in [2.45, 2.75) is 20.4 Å². The Bertz CT molecular complexity index is 648. The number of imidazole rings is 1. The summed E-state index contributed by atoms with van der Waals surface area (Å²) in [5.74, 6) is 0.308. The van der Waals surface area contributed by atoms with Gasteiger partial charge in [0, 0.05) is 25.3 Å². The summed E-state index contributed by atoms with van der Waals surface area (Å²) in [4.78, 5) is 3.00. The molecule has 0 aliphatic rings. The van der Waals surface area contributed by atoms with E-state index in [4.69, 9.17) is 21.7 Å². The molecule has 0 amide bonds. The lowest BCUT2D eigenvalue weighted by Crippen LogP contribution is -2.09. The van der Waals surface area contributed by atoms with Crippen LogP contribution in [0.25, 0.3) is 11.0 Å². The summed E-state index contributed by atoms with van der Waals surface area (Å²) >= 11 is 5.27. The van der Waals surface area contributed by atoms with Gasteiger partial charge in [-0.2, -0.15) is 0 Å². The summed E-state index contributed by atoms with van der Waals surface area (Å²) in [7, 11) is 1.45. The summed E-state index contributed by atoms with van der Waals surface area (Å²) < 4.78 is 26.7. The molecule has 0 fully saturated rings. The molecule has 1 N–H and O–H groups in total. The van der Waals surface area contributed by atoms with Crippen LogP contribution >= 0.6 is 12.2 Å². The molecule has 0 aliphatic carbocycles. The average molecular weight is 298 g/mol. The van der Waals surface area contributed by atoms with Gasteiger partial charge in [0.2, 0.25) is 0 Å². The standard InChI is InChI=1S/C14H19FN2O2S/c1-9(2)8-19-5-4-17-12-7-13(18-3)10(15)6-11(12)16-14(17)20/h6-7,9H,4-5,8H2,1-3H3,(H,16,20). The predicted octanol–water partition coefficient (Wildman–Crippen LogP) is 3.52. The van der Waals surface area contributed by atoms with Gasteiger partial charge in [-0.25, -0.2) is 4.39 Å². The molecule has 20 heavy (non-hydrogen) atoms. The Kier molecular flexibility index (Phi) is 4.77. The van der Waals surface area contributed by atoms with Crippen LogP contribution in [0.4, 0.5) is 4.39 Å². The van der Waals surface area contributed by atoms with Gasteiger partial charge in [0.1, 0.15) is 0 Å². The predicted molar refractivity (Wildman–Crippen MR) is 79.3 cm³/mol. The second kappa shape index (κ2) is 6.37. The highest BCUT2D eigenvalue weighted by Gasteiger charge is 2.10. The molecular weight excluding hydrogens is 279 g/mol. The van der Waals surface area contributed by atoms with E-state index < -0.39 is 5.82 Å². The van der Waals surface area contributed by atoms with Crippen LogP contribution in [-0.2, 0) is 11.3 Å². The van der Waals surface area contributed by atoms with Crippen LogP contribution in [0.3, 0.4) is 0 Å². The summed E-state index contributed by atoms with van der Waals surface area (Å²) in [6.07, 6.45) is 0. The molecule has 0 saturated carbocycles. The summed E-state index contributed by atoms with van der Waals surface area (Å²) in [6, 6.07) is 3.05. The number of methoxy groups -OCH3 is 1. The molecule has 0 saturated heterocycles. The number of rotatable bonds is 6. The number of aromatic nitrogens is 2. The fourth-order valence-corrected chi connectivity index (χ4v) is 2.31. The first-order chi connectivity index (χ1) is 9.52. The zero-order chi connectivity index (χ0) is 14.7. The van der Waals surface area contributed by atoms with E-state index in [1.807, 2.05) is 4.57 Å². The van der Waals surface area contributed by atoms with E-state index in [-0.39, 0.29) is 5.75 Å². The number of nitrogens with one attached hydrogen (secondary N) is 1. The molecule has 1 heterocycles. The van der Waals surface area contributed by atoms with Crippen LogP contribution in [-0.4, -0.2) is 29.9 Å². The highest BCUT2D eigenvalue weighted by Crippen LogP contribution is 2.24. The minimum Gasteiger partial charge on any atom is -0.494 e. The van der Waals surface area contributed by atoms with E-state index in [9.17, 15) is 4.39 Å². The Morgan fingerprint density at radius 1 is 1.40 bits per heavy atom. The molecule has 0 aliphatic heterocycles. The molecule has 0 bridgehead atoms. The number of nitrogens with zero attached hydrogens (tertiary/aromatic N) is 1. The third kappa shape index (κ3) is 3.19. The van der Waals surface area contributed by atoms with Gasteiger partial charge in [-0.3, -0.25) is 0 Å². The Morgan fingerprint density at radius 2 is 2.15 bits per heavy atom. The van der Waals surface area contributed by atoms with Crippen LogP contribution in [0.2, 0.25) is 0 Å². The van der Waals surface area contributed by atoms with E-state index >= 15 is 0 Å². The maximum absolute atomic E-state index is 13.6. The topological polar surface area (TPSA) is 39.2 Å². The molecule has 4 nitrogen and oxygen atoms in total. The van der Waals surface area contributed by atoms with Crippen LogP contribution < -0.4 is 4.74 Å². The first-order valence-corrected chi connectivity index (χ1v) is 6.97. The van der Waals surface area contributed by atoms with Crippen LogP contribution in [0.1, 0.15) is 13.8 Å². The SMILES string of the molecule is COc1cc2c(cc1F)[nH]c(=S)n2CCOCC(C)C. The van der Waals surface area contributed by atoms with Crippen LogP contribution in [0, 0.1) is 16.5 Å². The fraction of sp³-hybridized carbons (Fsp3) is 0.500. The van der Waals surface area contributed by atoms with E-state index in [0.717, 1.165) is 5.52 Å². The van der Waals surface area contributed by atoms with Gasteiger partial charge in [0.15, 0.2) is 16.3 Å². The number of H-pyrrole nitrogens is 1. The fourth-order valence-electron chi connectivity index (χ4n) is 2.01. The lowest BCUT2D eigenvalue weighted by atomic mass is 10.2. The third-order valence-corrected chi connectivity index (χ3v) is 3.28. The normalized spacial score (nSPS) is 11.4. The first-order valence-electron chi connectivity index (χ1n) is 6.56. The van der Waals surface area contributed by atoms with Gasteiger partial charge in [-0.1, -0.05) is 13.8 Å². The van der Waals surface area contributed by atoms with E-state index in [0.29, 0.717) is 36.0 Å². The molecule has 1 aromatic heterocycles. The Labute approximate surface area is 122 Å². The first kappa shape index (κ1) is 15.0. The van der Waals surface area contributed by atoms with Gasteiger partial charge in [0.05, 0.1) is 24.8 Å². The Morgan fingerprint density at radius 3 is 2.80 bits per heavy atom. The van der Waals surface area contributed by atoms with Crippen molar-refractivity contribution in [1.29, 1.82) is 0 Å². The van der Waals surface area contributed by atoms with Gasteiger partial charge in [-0.15, -0.1) is 0 Å². The van der Waals surface area contributed by atoms with Crippen molar-refractivity contribution in [2.24, 2.45) is 5.92 Å². The average Bonchev–Trinajstić information content (AvgIpc) is 2.68. The molecule has 0 atom stereocenters. The second-order valence-electron chi connectivity index (χ2n) is 5.05. The lowest BCUT2D eigenvalue weighted by Gasteiger charge is -2.09. The summed E-state index contributed by atoms with van der Waals surface area (Å²) in [5.41, 5.74) is 1.48. The molecule has 6 heteroatoms. The number of fused-ring (bicyclic) bond motifs is 1. The largest absolute Gasteiger partial charge is 0.494 e. The van der Waals surface area contributed by atoms with Crippen molar-refractivity contribution in [3.63, 3.8) is 0 Å². The summed E-state index contributed by atoms with van der Waals surface area (Å²) in [6.45, 7) is 6.11. The minimum absolute atomic E-state index is 0.211. The minimum atomic E-state index is -0.403. The van der Waals surface area contributed by atoms with Crippen molar-refractivity contribution < 1.29 is 13.9 Å². The second-order valence-corrected chi connectivity index (χ2v) is 5.44. The number of halogens is 1. The third-order valence-electron chi connectivity index (χ3n) is 2.96.